The van der Waals surface area contributed by atoms with E-state index in [-0.39, 0.29) is 0 Å². The quantitative estimate of drug-likeness (QED) is 0.152. The lowest BCUT2D eigenvalue weighted by molar-refractivity contribution is -0.137. The zero-order valence-corrected chi connectivity index (χ0v) is 43.1. The Hall–Kier alpha value is -10.4. The number of aryl methyl sites for hydroxylation is 1. The highest BCUT2D eigenvalue weighted by Crippen LogP contribution is 2.47. The van der Waals surface area contributed by atoms with E-state index in [1.165, 1.54) is 12.1 Å². The number of hydrogen-bond acceptors (Lipinski definition) is 3. The monoisotopic (exact) mass is 1040 g/mol. The zero-order chi connectivity index (χ0) is 53.6. The first-order valence-electron chi connectivity index (χ1n) is 26.6. The summed E-state index contributed by atoms with van der Waals surface area (Å²) in [4.78, 5) is 15.4. The van der Waals surface area contributed by atoms with Crippen LogP contribution in [-0.4, -0.2) is 28.7 Å². The minimum atomic E-state index is -4.62. The number of aromatic nitrogens is 6. The van der Waals surface area contributed by atoms with Crippen molar-refractivity contribution in [1.29, 1.82) is 0 Å². The third-order valence-electron chi connectivity index (χ3n) is 15.5. The number of benzene rings is 11. The standard InChI is InChI=1S/C71H45F3N6/c1-44-18-16-23-47(38-44)57-40-49(70-76-68(45-19-4-2-5-20-45)75-69(77-70)46-21-6-3-7-22-46)41-58(48-24-17-25-50(39-48)71(72,73)74)67(57)80-65-36-34-51(78-61-30-12-8-26-53(61)54-27-9-13-31-62(54)78)42-59(65)60-43-52(35-37-66(60)80)79-63-32-14-10-28-55(63)56-29-11-15-33-64(56)79/h2-43H,1H3. The van der Waals surface area contributed by atoms with E-state index in [2.05, 4.69) is 178 Å². The SMILES string of the molecule is Cc1cccc(-c2cc(-c3nc(-c4ccccc4)nc(-c4ccccc4)n3)cc(-c3cccc(C(F)(F)F)c3)c2-n2c3ccc(-n4c5ccccc5c5ccccc54)cc3c3cc(-n4c5ccccc5c5ccccc54)ccc32)c1. The molecule has 0 saturated heterocycles. The van der Waals surface area contributed by atoms with E-state index in [0.717, 1.165) is 111 Å². The van der Waals surface area contributed by atoms with Crippen molar-refractivity contribution in [3.05, 3.63) is 266 Å². The van der Waals surface area contributed by atoms with Gasteiger partial charge in [-0.2, -0.15) is 13.2 Å². The maximum Gasteiger partial charge on any atom is 0.416 e. The second kappa shape index (κ2) is 18.4. The highest BCUT2D eigenvalue weighted by molar-refractivity contribution is 6.15. The minimum Gasteiger partial charge on any atom is -0.309 e. The van der Waals surface area contributed by atoms with Crippen LogP contribution in [0.3, 0.4) is 0 Å². The molecule has 0 saturated carbocycles. The van der Waals surface area contributed by atoms with Crippen molar-refractivity contribution in [2.45, 2.75) is 13.1 Å². The van der Waals surface area contributed by atoms with E-state index in [9.17, 15) is 0 Å². The molecule has 80 heavy (non-hydrogen) atoms. The first-order chi connectivity index (χ1) is 39.2. The fraction of sp³-hybridized carbons (Fsp3) is 0.0282. The summed E-state index contributed by atoms with van der Waals surface area (Å²) >= 11 is 0. The Balaban J connectivity index is 1.08. The van der Waals surface area contributed by atoms with Gasteiger partial charge in [0, 0.05) is 71.5 Å². The Bertz CT molecular complexity index is 4620. The molecule has 11 aromatic carbocycles. The van der Waals surface area contributed by atoms with Crippen LogP contribution in [0.2, 0.25) is 0 Å². The smallest absolute Gasteiger partial charge is 0.309 e. The molecule has 4 aromatic heterocycles. The van der Waals surface area contributed by atoms with Crippen molar-refractivity contribution >= 4 is 65.4 Å². The van der Waals surface area contributed by atoms with Crippen molar-refractivity contribution in [1.82, 2.24) is 28.7 Å². The average molecular weight is 1040 g/mol. The summed E-state index contributed by atoms with van der Waals surface area (Å²) in [6, 6.07) is 84.7. The van der Waals surface area contributed by atoms with E-state index >= 15 is 13.2 Å². The van der Waals surface area contributed by atoms with Crippen molar-refractivity contribution in [3.8, 4) is 73.5 Å². The summed E-state index contributed by atoms with van der Waals surface area (Å²) in [7, 11) is 0. The van der Waals surface area contributed by atoms with Gasteiger partial charge in [0.1, 0.15) is 0 Å². The van der Waals surface area contributed by atoms with Crippen LogP contribution in [0.4, 0.5) is 13.2 Å². The van der Waals surface area contributed by atoms with Crippen molar-refractivity contribution < 1.29 is 13.2 Å². The molecule has 4 heterocycles. The number of rotatable bonds is 8. The lowest BCUT2D eigenvalue weighted by Crippen LogP contribution is -2.06. The van der Waals surface area contributed by atoms with Crippen LogP contribution in [0, 0.1) is 6.92 Å². The van der Waals surface area contributed by atoms with Crippen molar-refractivity contribution in [2.75, 3.05) is 0 Å². The summed E-state index contributed by atoms with van der Waals surface area (Å²) in [6.45, 7) is 2.05. The molecule has 0 aliphatic heterocycles. The average Bonchev–Trinajstić information content (AvgIpc) is 4.35. The Morgan fingerprint density at radius 3 is 1.11 bits per heavy atom. The van der Waals surface area contributed by atoms with Gasteiger partial charge in [0.25, 0.3) is 0 Å². The van der Waals surface area contributed by atoms with Gasteiger partial charge in [-0.3, -0.25) is 0 Å². The van der Waals surface area contributed by atoms with Crippen LogP contribution < -0.4 is 0 Å². The first-order valence-corrected chi connectivity index (χ1v) is 26.6. The van der Waals surface area contributed by atoms with Crippen LogP contribution in [0.1, 0.15) is 11.1 Å². The van der Waals surface area contributed by atoms with Gasteiger partial charge in [-0.15, -0.1) is 0 Å². The van der Waals surface area contributed by atoms with Crippen LogP contribution in [0.15, 0.2) is 255 Å². The lowest BCUT2D eigenvalue weighted by atomic mass is 9.91. The number of alkyl halides is 3. The topological polar surface area (TPSA) is 53.5 Å². The molecule has 0 bridgehead atoms. The molecular formula is C71H45F3N6. The lowest BCUT2D eigenvalue weighted by Gasteiger charge is -2.22. The molecule has 0 spiro atoms. The third kappa shape index (κ3) is 7.68. The van der Waals surface area contributed by atoms with Gasteiger partial charge in [0.15, 0.2) is 17.5 Å². The maximum atomic E-state index is 15.1. The minimum absolute atomic E-state index is 0.375. The normalized spacial score (nSPS) is 12.0. The molecule has 0 atom stereocenters. The van der Waals surface area contributed by atoms with Crippen LogP contribution in [0.25, 0.3) is 139 Å². The first kappa shape index (κ1) is 46.9. The van der Waals surface area contributed by atoms with Gasteiger partial charge in [-0.05, 0) is 103 Å². The van der Waals surface area contributed by atoms with E-state index in [1.807, 2.05) is 72.8 Å². The maximum absolute atomic E-state index is 15.1. The van der Waals surface area contributed by atoms with Crippen LogP contribution in [-0.2, 0) is 6.18 Å². The number of fused-ring (bicyclic) bond motifs is 9. The largest absolute Gasteiger partial charge is 0.416 e. The fourth-order valence-corrected chi connectivity index (χ4v) is 12.0. The Kier molecular flexibility index (Phi) is 10.8. The van der Waals surface area contributed by atoms with E-state index in [4.69, 9.17) is 15.0 Å². The van der Waals surface area contributed by atoms with E-state index in [0.29, 0.717) is 39.9 Å². The molecule has 0 radical (unpaired) electrons. The summed E-state index contributed by atoms with van der Waals surface area (Å²) in [5.41, 5.74) is 13.8. The highest BCUT2D eigenvalue weighted by atomic mass is 19.4. The third-order valence-corrected chi connectivity index (χ3v) is 15.5. The van der Waals surface area contributed by atoms with Crippen LogP contribution >= 0.6 is 0 Å². The molecule has 0 aliphatic rings. The van der Waals surface area contributed by atoms with E-state index < -0.39 is 11.7 Å². The predicted octanol–water partition coefficient (Wildman–Crippen LogP) is 18.8. The van der Waals surface area contributed by atoms with Gasteiger partial charge < -0.3 is 13.7 Å². The van der Waals surface area contributed by atoms with Gasteiger partial charge >= 0.3 is 6.18 Å². The molecule has 15 aromatic rings. The highest BCUT2D eigenvalue weighted by Gasteiger charge is 2.32. The fourth-order valence-electron chi connectivity index (χ4n) is 12.0. The number of para-hydroxylation sites is 4. The molecule has 15 rings (SSSR count). The summed E-state index contributed by atoms with van der Waals surface area (Å²) in [5.74, 6) is 1.31. The van der Waals surface area contributed by atoms with Crippen LogP contribution in [0.5, 0.6) is 0 Å². The van der Waals surface area contributed by atoms with Gasteiger partial charge in [0.2, 0.25) is 0 Å². The molecule has 0 fully saturated rings. The van der Waals surface area contributed by atoms with Gasteiger partial charge in [0.05, 0.1) is 44.4 Å². The second-order valence-electron chi connectivity index (χ2n) is 20.4. The molecule has 380 valence electrons. The Labute approximate surface area is 457 Å². The number of nitrogens with zero attached hydrogens (tertiary/aromatic N) is 6. The summed E-state index contributed by atoms with van der Waals surface area (Å²) in [6.07, 6.45) is -4.62. The number of hydrogen-bond donors (Lipinski definition) is 0. The second-order valence-corrected chi connectivity index (χ2v) is 20.4. The Morgan fingerprint density at radius 2 is 0.675 bits per heavy atom. The summed E-state index contributed by atoms with van der Waals surface area (Å²) in [5, 5.41) is 6.54. The van der Waals surface area contributed by atoms with Crippen molar-refractivity contribution in [3.63, 3.8) is 0 Å². The van der Waals surface area contributed by atoms with Gasteiger partial charge in [-0.1, -0.05) is 175 Å². The van der Waals surface area contributed by atoms with Crippen molar-refractivity contribution in [2.24, 2.45) is 0 Å². The van der Waals surface area contributed by atoms with E-state index in [1.54, 1.807) is 6.07 Å². The van der Waals surface area contributed by atoms with Gasteiger partial charge in [-0.25, -0.2) is 15.0 Å². The molecule has 0 aliphatic carbocycles. The number of halogens is 3. The Morgan fingerprint density at radius 1 is 0.300 bits per heavy atom. The zero-order valence-electron chi connectivity index (χ0n) is 43.1. The predicted molar refractivity (Wildman–Crippen MR) is 320 cm³/mol. The molecular weight excluding hydrogens is 994 g/mol. The summed E-state index contributed by atoms with van der Waals surface area (Å²) < 4.78 is 52.2. The molecule has 0 N–H and O–H groups in total. The molecule has 0 amide bonds. The molecule has 6 nitrogen and oxygen atoms in total. The molecule has 9 heteroatoms. The molecule has 0 unspecified atom stereocenters.